The Labute approximate surface area is 227 Å². The van der Waals surface area contributed by atoms with Crippen LogP contribution in [0, 0.1) is 17.8 Å². The molecule has 6 nitrogen and oxygen atoms in total. The maximum atomic E-state index is 12.9. The number of fused-ring (bicyclic) bond motifs is 2. The van der Waals surface area contributed by atoms with E-state index in [0.29, 0.717) is 28.9 Å². The number of nitrogens with zero attached hydrogens (tertiary/aromatic N) is 2. The quantitative estimate of drug-likeness (QED) is 0.317. The molecule has 2 fully saturated rings. The number of ether oxygens (including phenoxy) is 3. The summed E-state index contributed by atoms with van der Waals surface area (Å²) in [6.45, 7) is 4.62. The second-order valence-corrected chi connectivity index (χ2v) is 11.3. The lowest BCUT2D eigenvalue weighted by Crippen LogP contribution is -2.43. The zero-order chi connectivity index (χ0) is 27.8. The maximum Gasteiger partial charge on any atom is 0.417 e. The van der Waals surface area contributed by atoms with Crippen molar-refractivity contribution in [3.63, 3.8) is 0 Å². The number of aromatic amines is 1. The minimum atomic E-state index is -4.44. The molecule has 0 saturated heterocycles. The van der Waals surface area contributed by atoms with E-state index in [1.165, 1.54) is 52.4 Å². The van der Waals surface area contributed by atoms with Gasteiger partial charge in [0.1, 0.15) is 12.4 Å². The Morgan fingerprint density at radius 2 is 1.74 bits per heavy atom. The van der Waals surface area contributed by atoms with Crippen molar-refractivity contribution < 1.29 is 27.4 Å². The van der Waals surface area contributed by atoms with Crippen LogP contribution in [-0.4, -0.2) is 29.2 Å². The molecule has 2 aliphatic carbocycles. The van der Waals surface area contributed by atoms with Gasteiger partial charge in [-0.2, -0.15) is 13.2 Å². The number of H-pyrrole nitrogens is 1. The fraction of sp³-hybridized carbons (Fsp3) is 0.533. The Hall–Kier alpha value is -3.23. The molecule has 5 rings (SSSR count). The Bertz CT molecular complexity index is 1260. The van der Waals surface area contributed by atoms with Gasteiger partial charge in [0.05, 0.1) is 37.4 Å². The van der Waals surface area contributed by atoms with Gasteiger partial charge in [0.15, 0.2) is 11.5 Å². The van der Waals surface area contributed by atoms with Crippen LogP contribution in [-0.2, 0) is 18.2 Å². The summed E-state index contributed by atoms with van der Waals surface area (Å²) in [5, 5.41) is 0. The molecule has 2 bridgehead atoms. The lowest BCUT2D eigenvalue weighted by molar-refractivity contribution is -0.137. The molecule has 1 N–H and O–H groups in total. The first kappa shape index (κ1) is 27.3. The summed E-state index contributed by atoms with van der Waals surface area (Å²) in [7, 11) is 3.07. The minimum Gasteiger partial charge on any atom is -0.493 e. The first-order valence-electron chi connectivity index (χ1n) is 13.6. The molecule has 210 valence electrons. The van der Waals surface area contributed by atoms with Gasteiger partial charge in [-0.15, -0.1) is 0 Å². The Kier molecular flexibility index (Phi) is 7.53. The molecular weight excluding hydrogens is 507 g/mol. The topological polar surface area (TPSA) is 69.3 Å². The van der Waals surface area contributed by atoms with Crippen LogP contribution in [0.3, 0.4) is 0 Å². The van der Waals surface area contributed by atoms with Crippen molar-refractivity contribution in [2.45, 2.75) is 70.6 Å². The molecule has 2 saturated carbocycles. The molecule has 9 heteroatoms. The molecule has 0 spiro atoms. The van der Waals surface area contributed by atoms with Crippen LogP contribution >= 0.6 is 0 Å². The molecule has 0 amide bonds. The van der Waals surface area contributed by atoms with Gasteiger partial charge in [-0.1, -0.05) is 20.3 Å². The SMILES string of the molecule is CCC1CC2CC(C)CC(c3ncc(-c4cc(OC)c(OCc5ccc(C(F)(F)F)cn5)c(OC)c4)[nH]3)(C1)C2. The van der Waals surface area contributed by atoms with E-state index in [9.17, 15) is 13.2 Å². The van der Waals surface area contributed by atoms with Gasteiger partial charge >= 0.3 is 6.18 Å². The minimum absolute atomic E-state index is 0.0428. The number of halogens is 3. The monoisotopic (exact) mass is 543 g/mol. The van der Waals surface area contributed by atoms with Gasteiger partial charge in [-0.3, -0.25) is 4.98 Å². The normalized spacial score (nSPS) is 24.8. The van der Waals surface area contributed by atoms with Gasteiger partial charge in [0, 0.05) is 17.2 Å². The van der Waals surface area contributed by atoms with Crippen molar-refractivity contribution in [2.75, 3.05) is 14.2 Å². The van der Waals surface area contributed by atoms with E-state index >= 15 is 0 Å². The van der Waals surface area contributed by atoms with Crippen molar-refractivity contribution in [3.05, 3.63) is 53.7 Å². The molecule has 0 aliphatic heterocycles. The average Bonchev–Trinajstić information content (AvgIpc) is 3.42. The van der Waals surface area contributed by atoms with E-state index in [1.54, 1.807) is 0 Å². The van der Waals surface area contributed by atoms with Gasteiger partial charge in [-0.05, 0) is 74.1 Å². The van der Waals surface area contributed by atoms with Crippen LogP contribution < -0.4 is 14.2 Å². The van der Waals surface area contributed by atoms with Crippen LogP contribution in [0.2, 0.25) is 0 Å². The zero-order valence-corrected chi connectivity index (χ0v) is 22.9. The van der Waals surface area contributed by atoms with Crippen molar-refractivity contribution in [2.24, 2.45) is 17.8 Å². The molecule has 2 aromatic heterocycles. The fourth-order valence-electron chi connectivity index (χ4n) is 6.83. The second kappa shape index (κ2) is 10.7. The number of alkyl halides is 3. The van der Waals surface area contributed by atoms with E-state index in [0.717, 1.165) is 47.6 Å². The number of nitrogens with one attached hydrogen (secondary N) is 1. The van der Waals surface area contributed by atoms with E-state index in [4.69, 9.17) is 19.2 Å². The van der Waals surface area contributed by atoms with E-state index in [-0.39, 0.29) is 12.0 Å². The molecule has 4 unspecified atom stereocenters. The van der Waals surface area contributed by atoms with E-state index in [2.05, 4.69) is 23.8 Å². The van der Waals surface area contributed by atoms with Crippen LogP contribution in [0.5, 0.6) is 17.2 Å². The van der Waals surface area contributed by atoms with Crippen molar-refractivity contribution in [1.29, 1.82) is 0 Å². The number of methoxy groups -OCH3 is 2. The third kappa shape index (κ3) is 5.58. The number of hydrogen-bond acceptors (Lipinski definition) is 5. The van der Waals surface area contributed by atoms with Crippen molar-refractivity contribution in [3.8, 4) is 28.5 Å². The summed E-state index contributed by atoms with van der Waals surface area (Å²) in [6.07, 6.45) is 5.62. The average molecular weight is 544 g/mol. The number of aromatic nitrogens is 3. The van der Waals surface area contributed by atoms with Crippen LogP contribution in [0.4, 0.5) is 13.2 Å². The van der Waals surface area contributed by atoms with Gasteiger partial charge in [0.25, 0.3) is 0 Å². The second-order valence-electron chi connectivity index (χ2n) is 11.3. The lowest BCUT2D eigenvalue weighted by Gasteiger charge is -2.49. The standard InChI is InChI=1S/C30H36F3N3O3/c1-5-19-9-20-8-18(2)12-29(13-19,14-20)28-35-16-24(36-28)21-10-25(37-3)27(26(11-21)38-4)39-17-23-7-6-22(15-34-23)30(31,32)33/h6-7,10-11,15-16,18-20H,5,8-9,12-14,17H2,1-4H3,(H,35,36). The third-order valence-electron chi connectivity index (χ3n) is 8.44. The summed E-state index contributed by atoms with van der Waals surface area (Å²) in [4.78, 5) is 12.4. The summed E-state index contributed by atoms with van der Waals surface area (Å²) in [5.41, 5.74) is 1.36. The first-order valence-corrected chi connectivity index (χ1v) is 13.6. The fourth-order valence-corrected chi connectivity index (χ4v) is 6.83. The summed E-state index contributed by atoms with van der Waals surface area (Å²) in [5.74, 6) is 4.49. The molecule has 2 aliphatic rings. The number of benzene rings is 1. The van der Waals surface area contributed by atoms with Gasteiger partial charge < -0.3 is 19.2 Å². The predicted molar refractivity (Wildman–Crippen MR) is 142 cm³/mol. The van der Waals surface area contributed by atoms with E-state index in [1.807, 2.05) is 18.3 Å². The largest absolute Gasteiger partial charge is 0.493 e. The predicted octanol–water partition coefficient (Wildman–Crippen LogP) is 7.58. The highest BCUT2D eigenvalue weighted by molar-refractivity contribution is 5.68. The number of rotatable bonds is 8. The van der Waals surface area contributed by atoms with E-state index < -0.39 is 11.7 Å². The maximum absolute atomic E-state index is 12.9. The molecule has 2 heterocycles. The van der Waals surface area contributed by atoms with Crippen molar-refractivity contribution >= 4 is 0 Å². The highest BCUT2D eigenvalue weighted by Gasteiger charge is 2.47. The highest BCUT2D eigenvalue weighted by atomic mass is 19.4. The Morgan fingerprint density at radius 3 is 2.36 bits per heavy atom. The Balaban J connectivity index is 1.39. The van der Waals surface area contributed by atoms with Crippen LogP contribution in [0.15, 0.2) is 36.7 Å². The smallest absolute Gasteiger partial charge is 0.417 e. The molecule has 0 radical (unpaired) electrons. The first-order chi connectivity index (χ1) is 18.6. The Morgan fingerprint density at radius 1 is 1.00 bits per heavy atom. The molecule has 1 aromatic carbocycles. The van der Waals surface area contributed by atoms with Crippen LogP contribution in [0.1, 0.15) is 69.5 Å². The van der Waals surface area contributed by atoms with Crippen LogP contribution in [0.25, 0.3) is 11.3 Å². The van der Waals surface area contributed by atoms with Crippen molar-refractivity contribution in [1.82, 2.24) is 15.0 Å². The summed E-state index contributed by atoms with van der Waals surface area (Å²) in [6, 6.07) is 6.00. The molecular formula is C30H36F3N3O3. The number of imidazole rings is 1. The summed E-state index contributed by atoms with van der Waals surface area (Å²) >= 11 is 0. The lowest BCUT2D eigenvalue weighted by atomic mass is 9.56. The third-order valence-corrected chi connectivity index (χ3v) is 8.44. The van der Waals surface area contributed by atoms with Gasteiger partial charge in [-0.25, -0.2) is 4.98 Å². The molecule has 39 heavy (non-hydrogen) atoms. The van der Waals surface area contributed by atoms with Gasteiger partial charge in [0.2, 0.25) is 5.75 Å². The molecule has 4 atom stereocenters. The number of pyridine rings is 1. The zero-order valence-electron chi connectivity index (χ0n) is 22.9. The summed E-state index contributed by atoms with van der Waals surface area (Å²) < 4.78 is 55.7. The number of hydrogen-bond donors (Lipinski definition) is 1. The highest BCUT2D eigenvalue weighted by Crippen LogP contribution is 2.54. The molecule has 3 aromatic rings.